The highest BCUT2D eigenvalue weighted by Gasteiger charge is 2.25. The Morgan fingerprint density at radius 3 is 2.46 bits per heavy atom. The maximum absolute atomic E-state index is 13.8. The molecule has 1 unspecified atom stereocenters. The van der Waals surface area contributed by atoms with Gasteiger partial charge < -0.3 is 24.6 Å². The summed E-state index contributed by atoms with van der Waals surface area (Å²) in [6.07, 6.45) is 9.24. The van der Waals surface area contributed by atoms with Gasteiger partial charge in [-0.05, 0) is 49.1 Å². The number of halogens is 2. The van der Waals surface area contributed by atoms with Crippen molar-refractivity contribution >= 4 is 17.2 Å². The maximum Gasteiger partial charge on any atom is 0.270 e. The molecule has 37 heavy (non-hydrogen) atoms. The summed E-state index contributed by atoms with van der Waals surface area (Å²) in [6, 6.07) is 9.62. The third-order valence-corrected chi connectivity index (χ3v) is 5.29. The summed E-state index contributed by atoms with van der Waals surface area (Å²) in [6.45, 7) is 8.42. The highest BCUT2D eigenvalue weighted by Crippen LogP contribution is 2.33. The minimum absolute atomic E-state index is 0.0299. The lowest BCUT2D eigenvalue weighted by atomic mass is 10.1. The van der Waals surface area contributed by atoms with E-state index in [4.69, 9.17) is 14.9 Å². The predicted octanol–water partition coefficient (Wildman–Crippen LogP) is 5.76. The number of aldehydes is 1. The third kappa shape index (κ3) is 9.82. The molecule has 2 aromatic carbocycles. The molecule has 3 rings (SSSR count). The number of phenolic OH excluding ortho intramolecular Hbond substituents is 1. The number of carbonyl (C=O) groups is 1. The van der Waals surface area contributed by atoms with Crippen LogP contribution in [-0.4, -0.2) is 46.0 Å². The van der Waals surface area contributed by atoms with Gasteiger partial charge >= 0.3 is 0 Å². The minimum Gasteiger partial charge on any atom is -0.504 e. The zero-order valence-electron chi connectivity index (χ0n) is 21.8. The number of phenols is 1. The first-order chi connectivity index (χ1) is 17.6. The smallest absolute Gasteiger partial charge is 0.270 e. The van der Waals surface area contributed by atoms with E-state index in [1.54, 1.807) is 31.2 Å². The van der Waals surface area contributed by atoms with Gasteiger partial charge in [-0.3, -0.25) is 4.79 Å². The number of aliphatic hydroxyl groups excluding tert-OH is 2. The fourth-order valence-electron chi connectivity index (χ4n) is 3.52. The summed E-state index contributed by atoms with van der Waals surface area (Å²) in [4.78, 5) is 10.5. The number of allylic oxidation sites excluding steroid dienone is 2. The van der Waals surface area contributed by atoms with Crippen molar-refractivity contribution in [3.05, 3.63) is 84.1 Å². The van der Waals surface area contributed by atoms with Crippen molar-refractivity contribution in [2.24, 2.45) is 0 Å². The molecule has 8 heteroatoms. The Bertz CT molecular complexity index is 1160. The van der Waals surface area contributed by atoms with Crippen LogP contribution in [0.15, 0.2) is 67.4 Å². The molecule has 0 saturated carbocycles. The fourth-order valence-corrected chi connectivity index (χ4v) is 3.52. The fraction of sp³-hybridized carbons (Fsp3) is 0.345. The number of aromatic hydroxyl groups is 1. The van der Waals surface area contributed by atoms with Crippen molar-refractivity contribution in [3.63, 3.8) is 0 Å². The second-order valence-electron chi connectivity index (χ2n) is 8.28. The molecule has 0 fully saturated rings. The minimum atomic E-state index is -2.91. The van der Waals surface area contributed by atoms with Crippen molar-refractivity contribution < 1.29 is 33.6 Å². The number of hydrogen-bond donors (Lipinski definition) is 3. The molecule has 3 aromatic rings. The van der Waals surface area contributed by atoms with Gasteiger partial charge in [0, 0.05) is 43.2 Å². The molecule has 0 radical (unpaired) electrons. The standard InChI is InChI=1S/C21H21F2NO3.C7H12O.CH4O/c1-3-15-13-24(18-11-16(21(2,22)23)5-6-17(15)18)12-14-4-7-19(26)20(10-14)27-9-8-25;1-3-4-5-6-7(2)8;1-2/h4-8,10-11,13,26H,3,9,12H2,1-2H3;3-5,7-8H,1,6H2,2H3;2H,1H3/b;5-4-;. The number of benzene rings is 2. The molecule has 0 saturated heterocycles. The lowest BCUT2D eigenvalue weighted by molar-refractivity contribution is -0.109. The van der Waals surface area contributed by atoms with Gasteiger partial charge in [-0.1, -0.05) is 49.9 Å². The van der Waals surface area contributed by atoms with Crippen LogP contribution in [0, 0.1) is 0 Å². The van der Waals surface area contributed by atoms with E-state index in [2.05, 4.69) is 6.58 Å². The van der Waals surface area contributed by atoms with Crippen molar-refractivity contribution in [1.82, 2.24) is 4.57 Å². The topological polar surface area (TPSA) is 91.9 Å². The molecule has 3 N–H and O–H groups in total. The van der Waals surface area contributed by atoms with Gasteiger partial charge in [0.05, 0.1) is 6.10 Å². The molecule has 0 aliphatic heterocycles. The van der Waals surface area contributed by atoms with Crippen molar-refractivity contribution in [2.45, 2.75) is 52.2 Å². The first kappa shape index (κ1) is 31.5. The number of fused-ring (bicyclic) bond motifs is 1. The van der Waals surface area contributed by atoms with Crippen LogP contribution in [0.3, 0.4) is 0 Å². The molecular formula is C29H37F2NO5. The molecule has 0 amide bonds. The van der Waals surface area contributed by atoms with E-state index < -0.39 is 5.92 Å². The van der Waals surface area contributed by atoms with Crippen LogP contribution in [0.4, 0.5) is 8.78 Å². The second-order valence-corrected chi connectivity index (χ2v) is 8.28. The number of hydrogen-bond acceptors (Lipinski definition) is 5. The molecular weight excluding hydrogens is 480 g/mol. The van der Waals surface area contributed by atoms with Gasteiger partial charge in [0.1, 0.15) is 6.61 Å². The second kappa shape index (κ2) is 15.6. The van der Waals surface area contributed by atoms with Crippen molar-refractivity contribution in [1.29, 1.82) is 0 Å². The lowest BCUT2D eigenvalue weighted by Crippen LogP contribution is -2.07. The third-order valence-electron chi connectivity index (χ3n) is 5.29. The van der Waals surface area contributed by atoms with Crippen molar-refractivity contribution in [2.75, 3.05) is 13.7 Å². The van der Waals surface area contributed by atoms with Gasteiger partial charge in [-0.2, -0.15) is 0 Å². The first-order valence-corrected chi connectivity index (χ1v) is 11.9. The Kier molecular flexibility index (Phi) is 13.3. The number of ether oxygens (including phenoxy) is 1. The van der Waals surface area contributed by atoms with Gasteiger partial charge in [0.2, 0.25) is 0 Å². The molecule has 0 aliphatic rings. The Balaban J connectivity index is 0.000000586. The van der Waals surface area contributed by atoms with E-state index in [1.165, 1.54) is 18.2 Å². The summed E-state index contributed by atoms with van der Waals surface area (Å²) in [5.41, 5.74) is 2.60. The van der Waals surface area contributed by atoms with E-state index in [0.29, 0.717) is 19.3 Å². The number of rotatable bonds is 10. The van der Waals surface area contributed by atoms with Crippen LogP contribution in [0.25, 0.3) is 10.9 Å². The number of aromatic nitrogens is 1. The van der Waals surface area contributed by atoms with Crippen LogP contribution in [0.5, 0.6) is 11.5 Å². The van der Waals surface area contributed by atoms with E-state index in [0.717, 1.165) is 42.5 Å². The Labute approximate surface area is 217 Å². The van der Waals surface area contributed by atoms with Crippen LogP contribution >= 0.6 is 0 Å². The van der Waals surface area contributed by atoms with E-state index in [9.17, 15) is 18.7 Å². The zero-order valence-corrected chi connectivity index (χ0v) is 21.8. The molecule has 1 aromatic heterocycles. The van der Waals surface area contributed by atoms with Crippen LogP contribution in [0.2, 0.25) is 0 Å². The molecule has 0 spiro atoms. The summed E-state index contributed by atoms with van der Waals surface area (Å²) < 4.78 is 34.7. The number of aliphatic hydroxyl groups is 2. The van der Waals surface area contributed by atoms with Gasteiger partial charge in [-0.15, -0.1) is 0 Å². The van der Waals surface area contributed by atoms with Gasteiger partial charge in [0.15, 0.2) is 17.8 Å². The highest BCUT2D eigenvalue weighted by atomic mass is 19.3. The largest absolute Gasteiger partial charge is 0.504 e. The molecule has 1 atom stereocenters. The average molecular weight is 518 g/mol. The summed E-state index contributed by atoms with van der Waals surface area (Å²) >= 11 is 0. The van der Waals surface area contributed by atoms with Gasteiger partial charge in [-0.25, -0.2) is 8.78 Å². The number of carbonyl (C=O) groups excluding carboxylic acids is 1. The summed E-state index contributed by atoms with van der Waals surface area (Å²) in [7, 11) is 1.00. The number of aryl methyl sites for hydroxylation is 1. The van der Waals surface area contributed by atoms with Gasteiger partial charge in [0.25, 0.3) is 5.92 Å². The SMILES string of the molecule is C=C/C=C\CC(C)O.CCc1cn(Cc2ccc(O)c(OCC=O)c2)c2cc(C(C)(F)F)ccc12.CO. The molecule has 0 bridgehead atoms. The molecule has 1 heterocycles. The maximum atomic E-state index is 13.8. The quantitative estimate of drug-likeness (QED) is 0.235. The summed E-state index contributed by atoms with van der Waals surface area (Å²) in [5.74, 6) is -2.75. The normalized spacial score (nSPS) is 11.8. The number of nitrogens with zero attached hydrogens (tertiary/aromatic N) is 1. The van der Waals surface area contributed by atoms with E-state index in [1.807, 2.05) is 29.8 Å². The Morgan fingerprint density at radius 1 is 1.19 bits per heavy atom. The van der Waals surface area contributed by atoms with E-state index >= 15 is 0 Å². The average Bonchev–Trinajstić information content (AvgIpc) is 3.22. The Hall–Kier alpha value is -3.49. The summed E-state index contributed by atoms with van der Waals surface area (Å²) in [5, 5.41) is 26.5. The molecule has 202 valence electrons. The lowest BCUT2D eigenvalue weighted by Gasteiger charge is -2.13. The van der Waals surface area contributed by atoms with E-state index in [-0.39, 0.29) is 29.8 Å². The van der Waals surface area contributed by atoms with Crippen LogP contribution in [-0.2, 0) is 23.7 Å². The van der Waals surface area contributed by atoms with Crippen molar-refractivity contribution in [3.8, 4) is 11.5 Å². The zero-order chi connectivity index (χ0) is 28.0. The number of alkyl halides is 2. The van der Waals surface area contributed by atoms with Crippen LogP contribution in [0.1, 0.15) is 43.9 Å². The monoisotopic (exact) mass is 517 g/mol. The highest BCUT2D eigenvalue weighted by molar-refractivity contribution is 5.85. The molecule has 0 aliphatic carbocycles. The Morgan fingerprint density at radius 2 is 1.89 bits per heavy atom. The first-order valence-electron chi connectivity index (χ1n) is 11.9. The predicted molar refractivity (Wildman–Crippen MR) is 143 cm³/mol. The van der Waals surface area contributed by atoms with Crippen LogP contribution < -0.4 is 4.74 Å². The molecule has 6 nitrogen and oxygen atoms in total.